The Bertz CT molecular complexity index is 213. The number of ether oxygens (including phenoxy) is 1. The molecule has 65 valence electrons. The van der Waals surface area contributed by atoms with E-state index in [9.17, 15) is 0 Å². The maximum atomic E-state index is 8.47. The van der Waals surface area contributed by atoms with E-state index in [-0.39, 0.29) is 18.6 Å². The van der Waals surface area contributed by atoms with Crippen LogP contribution in [0.4, 0.5) is 5.69 Å². The molecule has 0 unspecified atom stereocenters. The molecule has 0 heterocycles. The first kappa shape index (κ1) is 11.4. The summed E-state index contributed by atoms with van der Waals surface area (Å²) in [6.45, 7) is 2.59. The number of hydrogen-bond acceptors (Lipinski definition) is 3. The van der Waals surface area contributed by atoms with Crippen LogP contribution in [0.15, 0.2) is 24.3 Å². The van der Waals surface area contributed by atoms with Crippen molar-refractivity contribution in [3.8, 4) is 5.75 Å². The van der Waals surface area contributed by atoms with E-state index in [0.29, 0.717) is 12.3 Å². The van der Waals surface area contributed by atoms with E-state index in [1.54, 1.807) is 24.3 Å². The molecule has 0 fully saturated rings. The molecule has 2 N–H and O–H groups in total. The van der Waals surface area contributed by atoms with Crippen LogP contribution in [0.25, 0.3) is 0 Å². The van der Waals surface area contributed by atoms with Crippen LogP contribution in [0.3, 0.4) is 0 Å². The van der Waals surface area contributed by atoms with E-state index in [4.69, 9.17) is 9.94 Å². The molecule has 0 aliphatic carbocycles. The summed E-state index contributed by atoms with van der Waals surface area (Å²) in [7, 11) is 0. The molecule has 1 aromatic carbocycles. The molecule has 0 aliphatic heterocycles. The molecule has 1 aromatic rings. The first-order valence-corrected chi connectivity index (χ1v) is 3.49. The number of rotatable bonds is 3. The van der Waals surface area contributed by atoms with Crippen molar-refractivity contribution in [2.45, 2.75) is 6.92 Å². The molecule has 0 spiro atoms. The molecule has 0 aliphatic rings. The van der Waals surface area contributed by atoms with Gasteiger partial charge in [0.05, 0.1) is 12.3 Å². The van der Waals surface area contributed by atoms with Crippen molar-refractivity contribution in [3.63, 3.8) is 0 Å². The monoisotopic (exact) mass is 204 g/mol. The van der Waals surface area contributed by atoms with Gasteiger partial charge in [-0.05, 0) is 31.2 Å². The SMILES string of the molecule is CCOc1ccc(NO)cc1.[V]. The summed E-state index contributed by atoms with van der Waals surface area (Å²) in [5.74, 6) is 0.812. The first-order valence-electron chi connectivity index (χ1n) is 3.49. The molecule has 4 heteroatoms. The van der Waals surface area contributed by atoms with Gasteiger partial charge in [0, 0.05) is 18.6 Å². The van der Waals surface area contributed by atoms with Crippen LogP contribution in [0.5, 0.6) is 5.75 Å². The number of hydrogen-bond donors (Lipinski definition) is 2. The van der Waals surface area contributed by atoms with E-state index in [2.05, 4.69) is 0 Å². The fraction of sp³-hybridized carbons (Fsp3) is 0.250. The summed E-state index contributed by atoms with van der Waals surface area (Å²) in [6, 6.07) is 7.07. The molecule has 3 nitrogen and oxygen atoms in total. The van der Waals surface area contributed by atoms with Crippen LogP contribution in [0.2, 0.25) is 0 Å². The maximum absolute atomic E-state index is 8.47. The molecule has 0 bridgehead atoms. The normalized spacial score (nSPS) is 8.50. The van der Waals surface area contributed by atoms with E-state index >= 15 is 0 Å². The number of nitrogens with one attached hydrogen (secondary N) is 1. The van der Waals surface area contributed by atoms with Crippen LogP contribution in [-0.2, 0) is 18.6 Å². The topological polar surface area (TPSA) is 41.5 Å². The van der Waals surface area contributed by atoms with Crippen molar-refractivity contribution in [1.82, 2.24) is 0 Å². The Morgan fingerprint density at radius 2 is 1.92 bits per heavy atom. The van der Waals surface area contributed by atoms with E-state index in [1.807, 2.05) is 12.4 Å². The Hall–Kier alpha value is -0.636. The largest absolute Gasteiger partial charge is 0.494 e. The standard InChI is InChI=1S/C8H11NO2.V/c1-2-11-8-5-3-7(9-10)4-6-8;/h3-6,9-10H,2H2,1H3;. The predicted octanol–water partition coefficient (Wildman–Crippen LogP) is 1.88. The minimum atomic E-state index is 0. The summed E-state index contributed by atoms with van der Waals surface area (Å²) in [5, 5.41) is 8.47. The van der Waals surface area contributed by atoms with E-state index in [0.717, 1.165) is 5.75 Å². The van der Waals surface area contributed by atoms with Crippen molar-refractivity contribution in [2.24, 2.45) is 0 Å². The van der Waals surface area contributed by atoms with Crippen molar-refractivity contribution < 1.29 is 28.5 Å². The summed E-state index contributed by atoms with van der Waals surface area (Å²) >= 11 is 0. The molecule has 0 saturated heterocycles. The second-order valence-electron chi connectivity index (χ2n) is 2.07. The predicted molar refractivity (Wildman–Crippen MR) is 43.0 cm³/mol. The summed E-state index contributed by atoms with van der Waals surface area (Å²) in [5.41, 5.74) is 2.70. The van der Waals surface area contributed by atoms with Crippen LogP contribution in [-0.4, -0.2) is 11.8 Å². The minimum Gasteiger partial charge on any atom is -0.494 e. The molecule has 0 saturated carbocycles. The van der Waals surface area contributed by atoms with Crippen molar-refractivity contribution >= 4 is 5.69 Å². The van der Waals surface area contributed by atoms with Gasteiger partial charge in [-0.3, -0.25) is 10.7 Å². The zero-order chi connectivity index (χ0) is 8.10. The van der Waals surface area contributed by atoms with Gasteiger partial charge >= 0.3 is 0 Å². The molecule has 0 atom stereocenters. The zero-order valence-electron chi connectivity index (χ0n) is 6.82. The van der Waals surface area contributed by atoms with Crippen LogP contribution >= 0.6 is 0 Å². The van der Waals surface area contributed by atoms with Gasteiger partial charge < -0.3 is 4.74 Å². The van der Waals surface area contributed by atoms with Gasteiger partial charge in [0.25, 0.3) is 0 Å². The average molecular weight is 204 g/mol. The Kier molecular flexibility index (Phi) is 5.63. The van der Waals surface area contributed by atoms with Gasteiger partial charge in [-0.1, -0.05) is 0 Å². The van der Waals surface area contributed by atoms with Crippen molar-refractivity contribution in [3.05, 3.63) is 24.3 Å². The zero-order valence-corrected chi connectivity index (χ0v) is 8.22. The van der Waals surface area contributed by atoms with Gasteiger partial charge in [-0.25, -0.2) is 0 Å². The quantitative estimate of drug-likeness (QED) is 0.738. The van der Waals surface area contributed by atoms with Crippen molar-refractivity contribution in [2.75, 3.05) is 12.1 Å². The Morgan fingerprint density at radius 3 is 2.33 bits per heavy atom. The molecule has 0 amide bonds. The van der Waals surface area contributed by atoms with Crippen LogP contribution in [0.1, 0.15) is 6.92 Å². The Morgan fingerprint density at radius 1 is 1.33 bits per heavy atom. The fourth-order valence-electron chi connectivity index (χ4n) is 0.792. The summed E-state index contributed by atoms with van der Waals surface area (Å²) < 4.78 is 5.20. The Labute approximate surface area is 83.6 Å². The summed E-state index contributed by atoms with van der Waals surface area (Å²) in [4.78, 5) is 0. The Balaban J connectivity index is 0.00000121. The van der Waals surface area contributed by atoms with Crippen molar-refractivity contribution in [1.29, 1.82) is 0 Å². The molecule has 0 aromatic heterocycles. The van der Waals surface area contributed by atoms with Gasteiger partial charge in [0.1, 0.15) is 5.75 Å². The van der Waals surface area contributed by atoms with Crippen LogP contribution in [0, 0.1) is 0 Å². The maximum Gasteiger partial charge on any atom is 0.119 e. The molecular weight excluding hydrogens is 193 g/mol. The first-order chi connectivity index (χ1) is 5.36. The summed E-state index contributed by atoms with van der Waals surface area (Å²) in [6.07, 6.45) is 0. The van der Waals surface area contributed by atoms with Gasteiger partial charge in [-0.15, -0.1) is 0 Å². The van der Waals surface area contributed by atoms with Crippen LogP contribution < -0.4 is 10.2 Å². The third-order valence-corrected chi connectivity index (χ3v) is 1.29. The van der Waals surface area contributed by atoms with Gasteiger partial charge in [0.2, 0.25) is 0 Å². The molecular formula is C8H11NO2V. The van der Waals surface area contributed by atoms with Gasteiger partial charge in [0.15, 0.2) is 0 Å². The number of benzene rings is 1. The third-order valence-electron chi connectivity index (χ3n) is 1.29. The van der Waals surface area contributed by atoms with E-state index < -0.39 is 0 Å². The van der Waals surface area contributed by atoms with E-state index in [1.165, 1.54) is 0 Å². The molecule has 12 heavy (non-hydrogen) atoms. The minimum absolute atomic E-state index is 0. The smallest absolute Gasteiger partial charge is 0.119 e. The second kappa shape index (κ2) is 5.95. The third kappa shape index (κ3) is 3.18. The second-order valence-corrected chi connectivity index (χ2v) is 2.07. The molecule has 1 radical (unpaired) electrons. The number of anilines is 1. The molecule has 1 rings (SSSR count). The average Bonchev–Trinajstić information content (AvgIpc) is 2.07. The fourth-order valence-corrected chi connectivity index (χ4v) is 0.792. The van der Waals surface area contributed by atoms with Gasteiger partial charge in [-0.2, -0.15) is 0 Å².